The number of thiazole rings is 1. The summed E-state index contributed by atoms with van der Waals surface area (Å²) in [5.74, 6) is -1.41. The third-order valence-corrected chi connectivity index (χ3v) is 7.54. The number of hydrogen-bond donors (Lipinski definition) is 2. The van der Waals surface area contributed by atoms with E-state index in [9.17, 15) is 22.8 Å². The molecule has 2 heterocycles. The number of aromatic nitrogens is 3. The molecule has 5 aromatic rings. The van der Waals surface area contributed by atoms with Crippen molar-refractivity contribution in [2.45, 2.75) is 19.1 Å². The van der Waals surface area contributed by atoms with Crippen molar-refractivity contribution in [1.29, 1.82) is 0 Å². The van der Waals surface area contributed by atoms with Crippen molar-refractivity contribution in [3.05, 3.63) is 93.5 Å². The quantitative estimate of drug-likeness (QED) is 0.189. The smallest absolute Gasteiger partial charge is 0.416 e. The minimum Gasteiger partial charge on any atom is -0.481 e. The van der Waals surface area contributed by atoms with Crippen molar-refractivity contribution < 1.29 is 27.9 Å². The maximum absolute atomic E-state index is 13.3. The molecule has 0 atom stereocenters. The Morgan fingerprint density at radius 1 is 0.976 bits per heavy atom. The van der Waals surface area contributed by atoms with Gasteiger partial charge in [-0.3, -0.25) is 14.3 Å². The third-order valence-electron chi connectivity index (χ3n) is 6.05. The summed E-state index contributed by atoms with van der Waals surface area (Å²) >= 11 is 13.6. The Morgan fingerprint density at radius 2 is 1.68 bits per heavy atom. The summed E-state index contributed by atoms with van der Waals surface area (Å²) in [4.78, 5) is 27.5. The first kappa shape index (κ1) is 28.6. The number of carbonyl (C=O) groups excluding carboxylic acids is 1. The van der Waals surface area contributed by atoms with Gasteiger partial charge in [0.2, 0.25) is 0 Å². The molecule has 7 nitrogen and oxygen atoms in total. The molecule has 0 spiro atoms. The topological polar surface area (TPSA) is 97.1 Å². The fraction of sp³-hybridized carbons (Fsp3) is 0.143. The van der Waals surface area contributed by atoms with E-state index in [1.54, 1.807) is 53.2 Å². The molecule has 3 aromatic carbocycles. The Morgan fingerprint density at radius 3 is 2.34 bits per heavy atom. The molecule has 0 saturated carbocycles. The van der Waals surface area contributed by atoms with E-state index < -0.39 is 23.6 Å². The van der Waals surface area contributed by atoms with E-state index >= 15 is 0 Å². The molecule has 13 heteroatoms. The lowest BCUT2D eigenvalue weighted by Gasteiger charge is -2.08. The lowest BCUT2D eigenvalue weighted by molar-refractivity contribution is -0.138. The zero-order valence-corrected chi connectivity index (χ0v) is 23.2. The molecular weight excluding hydrogens is 600 g/mol. The number of carbonyl (C=O) groups is 2. The summed E-state index contributed by atoms with van der Waals surface area (Å²) in [6.45, 7) is 0.268. The zero-order valence-electron chi connectivity index (χ0n) is 20.9. The van der Waals surface area contributed by atoms with Crippen LogP contribution >= 0.6 is 34.5 Å². The van der Waals surface area contributed by atoms with Crippen molar-refractivity contribution in [1.82, 2.24) is 20.1 Å². The second-order valence-corrected chi connectivity index (χ2v) is 10.9. The number of nitrogens with one attached hydrogen (secondary N) is 1. The molecule has 41 heavy (non-hydrogen) atoms. The number of alkyl halides is 3. The zero-order chi connectivity index (χ0) is 29.3. The maximum Gasteiger partial charge on any atom is 0.416 e. The van der Waals surface area contributed by atoms with Gasteiger partial charge >= 0.3 is 12.1 Å². The molecule has 0 fully saturated rings. The first-order valence-corrected chi connectivity index (χ1v) is 13.6. The number of rotatable bonds is 8. The molecule has 210 valence electrons. The number of halogens is 5. The van der Waals surface area contributed by atoms with Crippen LogP contribution in [-0.2, 0) is 17.5 Å². The van der Waals surface area contributed by atoms with Gasteiger partial charge in [-0.25, -0.2) is 4.98 Å². The normalized spacial score (nSPS) is 11.6. The van der Waals surface area contributed by atoms with Crippen molar-refractivity contribution >= 4 is 56.6 Å². The first-order chi connectivity index (χ1) is 19.5. The van der Waals surface area contributed by atoms with E-state index in [1.807, 2.05) is 0 Å². The van der Waals surface area contributed by atoms with Gasteiger partial charge in [0.15, 0.2) is 0 Å². The molecular formula is C28H19Cl2F3N4O3S. The fourth-order valence-electron chi connectivity index (χ4n) is 4.09. The summed E-state index contributed by atoms with van der Waals surface area (Å²) in [5.41, 5.74) is 2.34. The fourth-order valence-corrected chi connectivity index (χ4v) is 5.58. The van der Waals surface area contributed by atoms with Crippen molar-refractivity contribution in [3.63, 3.8) is 0 Å². The Balaban J connectivity index is 1.49. The number of amides is 1. The van der Waals surface area contributed by atoms with Crippen LogP contribution < -0.4 is 5.32 Å². The lowest BCUT2D eigenvalue weighted by atomic mass is 10.1. The molecule has 0 bridgehead atoms. The van der Waals surface area contributed by atoms with E-state index in [-0.39, 0.29) is 25.0 Å². The average molecular weight is 619 g/mol. The highest BCUT2D eigenvalue weighted by atomic mass is 35.5. The van der Waals surface area contributed by atoms with Crippen LogP contribution in [0.4, 0.5) is 13.2 Å². The molecule has 0 radical (unpaired) electrons. The number of aliphatic carboxylic acids is 1. The second-order valence-electron chi connectivity index (χ2n) is 9.03. The third kappa shape index (κ3) is 6.70. The van der Waals surface area contributed by atoms with Crippen LogP contribution in [-0.4, -0.2) is 38.3 Å². The van der Waals surface area contributed by atoms with Gasteiger partial charge in [0.1, 0.15) is 5.01 Å². The van der Waals surface area contributed by atoms with Crippen LogP contribution in [0.3, 0.4) is 0 Å². The SMILES string of the molecule is O=C(O)CCNC(=O)c1ccc(Cn2nc(-c3cc(Cl)cc(Cl)c3)cc2-c2nc3cc(C(F)(F)F)ccc3s2)cc1. The number of hydrogen-bond acceptors (Lipinski definition) is 5. The van der Waals surface area contributed by atoms with Crippen LogP contribution in [0.1, 0.15) is 27.9 Å². The Bertz CT molecular complexity index is 1750. The Labute approximate surface area is 245 Å². The predicted molar refractivity (Wildman–Crippen MR) is 151 cm³/mol. The molecule has 0 aliphatic carbocycles. The summed E-state index contributed by atoms with van der Waals surface area (Å²) in [7, 11) is 0. The van der Waals surface area contributed by atoms with Gasteiger partial charge in [-0.05, 0) is 60.2 Å². The lowest BCUT2D eigenvalue weighted by Crippen LogP contribution is -2.25. The minimum absolute atomic E-state index is 0.00942. The molecule has 1 amide bonds. The van der Waals surface area contributed by atoms with Gasteiger partial charge in [0, 0.05) is 27.7 Å². The first-order valence-electron chi connectivity index (χ1n) is 12.1. The largest absolute Gasteiger partial charge is 0.481 e. The standard InChI is InChI=1S/C28H19Cl2F3N4O3S/c29-19-9-17(10-20(30)12-19)21-13-23(27-35-22-11-18(28(31,32)33)5-6-24(22)41-27)37(36-21)14-15-1-3-16(4-2-15)26(40)34-8-7-25(38)39/h1-6,9-13H,7-8,14H2,(H,34,40)(H,38,39). The molecule has 0 unspecified atom stereocenters. The molecule has 2 aromatic heterocycles. The van der Waals surface area contributed by atoms with Gasteiger partial charge in [0.05, 0.1) is 40.1 Å². The number of carboxylic acid groups (broad SMARTS) is 1. The van der Waals surface area contributed by atoms with Crippen molar-refractivity contribution in [2.24, 2.45) is 0 Å². The molecule has 2 N–H and O–H groups in total. The highest BCUT2D eigenvalue weighted by molar-refractivity contribution is 7.21. The number of fused-ring (bicyclic) bond motifs is 1. The van der Waals surface area contributed by atoms with Gasteiger partial charge in [-0.2, -0.15) is 18.3 Å². The van der Waals surface area contributed by atoms with Crippen LogP contribution in [0.15, 0.2) is 66.7 Å². The maximum atomic E-state index is 13.3. The molecule has 0 aliphatic heterocycles. The van der Waals surface area contributed by atoms with E-state index in [2.05, 4.69) is 10.3 Å². The summed E-state index contributed by atoms with van der Waals surface area (Å²) < 4.78 is 42.1. The van der Waals surface area contributed by atoms with Crippen LogP contribution in [0.2, 0.25) is 10.0 Å². The van der Waals surface area contributed by atoms with Crippen LogP contribution in [0.5, 0.6) is 0 Å². The highest BCUT2D eigenvalue weighted by Crippen LogP contribution is 2.37. The van der Waals surface area contributed by atoms with Crippen LogP contribution in [0.25, 0.3) is 32.2 Å². The van der Waals surface area contributed by atoms with Gasteiger partial charge in [0.25, 0.3) is 5.91 Å². The van der Waals surface area contributed by atoms with Crippen LogP contribution in [0, 0.1) is 0 Å². The summed E-state index contributed by atoms with van der Waals surface area (Å²) in [5, 5.41) is 17.3. The van der Waals surface area contributed by atoms with E-state index in [4.69, 9.17) is 33.4 Å². The predicted octanol–water partition coefficient (Wildman–Crippen LogP) is 7.41. The molecule has 5 rings (SSSR count). The highest BCUT2D eigenvalue weighted by Gasteiger charge is 2.31. The number of carboxylic acids is 1. The molecule has 0 saturated heterocycles. The monoisotopic (exact) mass is 618 g/mol. The van der Waals surface area contributed by atoms with Gasteiger partial charge in [-0.15, -0.1) is 11.3 Å². The van der Waals surface area contributed by atoms with Crippen molar-refractivity contribution in [3.8, 4) is 22.0 Å². The second kappa shape index (κ2) is 11.5. The van der Waals surface area contributed by atoms with E-state index in [0.717, 1.165) is 17.7 Å². The van der Waals surface area contributed by atoms with E-state index in [1.165, 1.54) is 17.4 Å². The average Bonchev–Trinajstić information content (AvgIpc) is 3.51. The summed E-state index contributed by atoms with van der Waals surface area (Å²) in [6.07, 6.45) is -4.67. The number of benzene rings is 3. The van der Waals surface area contributed by atoms with Crippen molar-refractivity contribution in [2.75, 3.05) is 6.54 Å². The van der Waals surface area contributed by atoms with Gasteiger partial charge < -0.3 is 10.4 Å². The Hall–Kier alpha value is -3.93. The Kier molecular flexibility index (Phi) is 8.03. The van der Waals surface area contributed by atoms with Gasteiger partial charge in [-0.1, -0.05) is 35.3 Å². The number of nitrogens with zero attached hydrogens (tertiary/aromatic N) is 3. The van der Waals surface area contributed by atoms with E-state index in [0.29, 0.717) is 42.3 Å². The minimum atomic E-state index is -4.49. The summed E-state index contributed by atoms with van der Waals surface area (Å²) in [6, 6.07) is 16.9. The molecule has 0 aliphatic rings.